The number of aromatic amines is 1. The second-order valence-electron chi connectivity index (χ2n) is 9.77. The smallest absolute Gasteiger partial charge is 0.252 e. The van der Waals surface area contributed by atoms with Gasteiger partial charge >= 0.3 is 0 Å². The Bertz CT molecular complexity index is 1770. The van der Waals surface area contributed by atoms with Crippen LogP contribution in [0.3, 0.4) is 0 Å². The van der Waals surface area contributed by atoms with Gasteiger partial charge in [-0.1, -0.05) is 23.7 Å². The lowest BCUT2D eigenvalue weighted by molar-refractivity contribution is -0.121. The molecule has 12 nitrogen and oxygen atoms in total. The van der Waals surface area contributed by atoms with Gasteiger partial charge in [0.15, 0.2) is 0 Å². The average Bonchev–Trinajstić information content (AvgIpc) is 3.77. The Labute approximate surface area is 245 Å². The molecule has 6 rings (SSSR count). The number of amides is 1. The summed E-state index contributed by atoms with van der Waals surface area (Å²) in [4.78, 5) is 33.5. The van der Waals surface area contributed by atoms with Crippen LogP contribution in [0.1, 0.15) is 24.0 Å². The molecule has 3 aromatic heterocycles. The fourth-order valence-corrected chi connectivity index (χ4v) is 5.28. The number of imidazole rings is 1. The van der Waals surface area contributed by atoms with E-state index in [9.17, 15) is 9.59 Å². The summed E-state index contributed by atoms with van der Waals surface area (Å²) in [6.07, 6.45) is 4.71. The van der Waals surface area contributed by atoms with E-state index in [1.54, 1.807) is 34.7 Å². The van der Waals surface area contributed by atoms with Crippen LogP contribution in [0, 0.1) is 0 Å². The zero-order chi connectivity index (χ0) is 29.1. The van der Waals surface area contributed by atoms with E-state index < -0.39 is 0 Å². The van der Waals surface area contributed by atoms with Crippen LogP contribution in [0.2, 0.25) is 5.02 Å². The molecule has 1 atom stereocenters. The first-order chi connectivity index (χ1) is 20.5. The van der Waals surface area contributed by atoms with Crippen molar-refractivity contribution >= 4 is 23.2 Å². The number of nitrogens with one attached hydrogen (secondary N) is 2. The molecule has 0 radical (unpaired) electrons. The largest absolute Gasteiger partial charge is 0.382 e. The SMILES string of the molecule is COCCOCC(=O)Nc1ccc(-c2cnc([C@@H]3CCc4cc(-c5cc(Cl)ccc5-n5cnnn5)cc(=O)n43)[nH]2)cc1. The summed E-state index contributed by atoms with van der Waals surface area (Å²) >= 11 is 6.32. The third kappa shape index (κ3) is 5.73. The number of pyridine rings is 1. The molecular formula is C29H27ClN8O4. The minimum atomic E-state index is -0.238. The van der Waals surface area contributed by atoms with Crippen LogP contribution in [0.25, 0.3) is 28.1 Å². The molecule has 0 fully saturated rings. The number of ether oxygens (including phenoxy) is 2. The molecule has 1 aliphatic heterocycles. The number of H-pyrrole nitrogens is 1. The van der Waals surface area contributed by atoms with Gasteiger partial charge in [-0.25, -0.2) is 4.98 Å². The fourth-order valence-electron chi connectivity index (χ4n) is 5.11. The fraction of sp³-hybridized carbons (Fsp3) is 0.241. The zero-order valence-electron chi connectivity index (χ0n) is 22.7. The van der Waals surface area contributed by atoms with E-state index in [-0.39, 0.29) is 24.1 Å². The van der Waals surface area contributed by atoms with E-state index >= 15 is 0 Å². The van der Waals surface area contributed by atoms with Gasteiger partial charge in [0.05, 0.1) is 36.8 Å². The molecule has 42 heavy (non-hydrogen) atoms. The van der Waals surface area contributed by atoms with Crippen molar-refractivity contribution in [2.75, 3.05) is 32.2 Å². The van der Waals surface area contributed by atoms with Crippen molar-refractivity contribution in [1.82, 2.24) is 34.7 Å². The molecule has 0 aliphatic carbocycles. The quantitative estimate of drug-likeness (QED) is 0.236. The van der Waals surface area contributed by atoms with Gasteiger partial charge in [-0.05, 0) is 70.8 Å². The van der Waals surface area contributed by atoms with E-state index in [4.69, 9.17) is 21.1 Å². The number of benzene rings is 2. The van der Waals surface area contributed by atoms with Gasteiger partial charge in [-0.15, -0.1) is 5.10 Å². The van der Waals surface area contributed by atoms with Gasteiger partial charge in [0, 0.05) is 35.1 Å². The van der Waals surface area contributed by atoms with Crippen molar-refractivity contribution in [2.45, 2.75) is 18.9 Å². The van der Waals surface area contributed by atoms with E-state index in [1.165, 1.54) is 6.33 Å². The summed E-state index contributed by atoms with van der Waals surface area (Å²) in [6.45, 7) is 0.746. The first-order valence-electron chi connectivity index (χ1n) is 13.3. The maximum atomic E-state index is 13.5. The number of halogens is 1. The summed E-state index contributed by atoms with van der Waals surface area (Å²) in [5, 5.41) is 14.8. The summed E-state index contributed by atoms with van der Waals surface area (Å²) in [6, 6.07) is 16.2. The standard InChI is InChI=1S/C29H27ClN8O4/c1-41-10-11-42-16-27(39)33-21-5-2-18(3-6-21)24-15-31-29(34-24)26-9-7-22-12-19(13-28(40)38(22)26)23-14-20(30)4-8-25(23)37-17-32-35-36-37/h2-6,8,12-15,17,26H,7,9-11,16H2,1H3,(H,31,34)(H,33,39)/t26-/m0/s1. The number of hydrogen-bond donors (Lipinski definition) is 2. The predicted octanol–water partition coefficient (Wildman–Crippen LogP) is 3.67. The van der Waals surface area contributed by atoms with Crippen LogP contribution in [0.5, 0.6) is 0 Å². The van der Waals surface area contributed by atoms with E-state index in [0.29, 0.717) is 36.2 Å². The molecule has 0 unspecified atom stereocenters. The molecular weight excluding hydrogens is 560 g/mol. The van der Waals surface area contributed by atoms with Crippen molar-refractivity contribution in [2.24, 2.45) is 0 Å². The van der Waals surface area contributed by atoms with Crippen LogP contribution in [-0.4, -0.2) is 67.6 Å². The number of carbonyl (C=O) groups excluding carboxylic acids is 1. The second-order valence-corrected chi connectivity index (χ2v) is 10.2. The Morgan fingerprint density at radius 1 is 1.12 bits per heavy atom. The third-order valence-corrected chi connectivity index (χ3v) is 7.29. The monoisotopic (exact) mass is 586 g/mol. The van der Waals surface area contributed by atoms with Gasteiger partial charge in [-0.3, -0.25) is 9.59 Å². The number of carbonyl (C=O) groups is 1. The van der Waals surface area contributed by atoms with E-state index in [1.807, 2.05) is 42.5 Å². The number of rotatable bonds is 10. The maximum Gasteiger partial charge on any atom is 0.252 e. The maximum absolute atomic E-state index is 13.5. The number of tetrazole rings is 1. The second kappa shape index (κ2) is 12.1. The minimum absolute atomic E-state index is 0.0434. The van der Waals surface area contributed by atoms with Crippen LogP contribution < -0.4 is 10.9 Å². The Kier molecular flexibility index (Phi) is 7.91. The summed E-state index contributed by atoms with van der Waals surface area (Å²) in [5.74, 6) is 0.472. The minimum Gasteiger partial charge on any atom is -0.382 e. The number of aryl methyl sites for hydroxylation is 1. The van der Waals surface area contributed by atoms with Crippen molar-refractivity contribution in [1.29, 1.82) is 0 Å². The Balaban J connectivity index is 1.20. The third-order valence-electron chi connectivity index (χ3n) is 7.05. The summed E-state index contributed by atoms with van der Waals surface area (Å²) < 4.78 is 13.5. The van der Waals surface area contributed by atoms with Gasteiger partial charge in [0.1, 0.15) is 18.8 Å². The molecule has 2 aromatic carbocycles. The highest BCUT2D eigenvalue weighted by Gasteiger charge is 2.28. The highest BCUT2D eigenvalue weighted by Crippen LogP contribution is 2.34. The number of anilines is 1. The van der Waals surface area contributed by atoms with Crippen molar-refractivity contribution in [3.63, 3.8) is 0 Å². The summed E-state index contributed by atoms with van der Waals surface area (Å²) in [5.41, 5.74) is 5.39. The first-order valence-corrected chi connectivity index (χ1v) is 13.7. The lowest BCUT2D eigenvalue weighted by Gasteiger charge is -2.15. The highest BCUT2D eigenvalue weighted by molar-refractivity contribution is 6.31. The number of hydrogen-bond acceptors (Lipinski definition) is 8. The number of aromatic nitrogens is 7. The Morgan fingerprint density at radius 2 is 1.98 bits per heavy atom. The first kappa shape index (κ1) is 27.5. The van der Waals surface area contributed by atoms with Crippen molar-refractivity contribution < 1.29 is 14.3 Å². The Hall–Kier alpha value is -4.65. The molecule has 0 bridgehead atoms. The molecule has 2 N–H and O–H groups in total. The van der Waals surface area contributed by atoms with Gasteiger partial charge in [-0.2, -0.15) is 4.68 Å². The van der Waals surface area contributed by atoms with Crippen molar-refractivity contribution in [3.05, 3.63) is 94.0 Å². The molecule has 1 amide bonds. The molecule has 0 saturated carbocycles. The van der Waals surface area contributed by atoms with E-state index in [0.717, 1.165) is 40.2 Å². The number of methoxy groups -OCH3 is 1. The lowest BCUT2D eigenvalue weighted by atomic mass is 10.0. The average molecular weight is 587 g/mol. The lowest BCUT2D eigenvalue weighted by Crippen LogP contribution is -2.23. The predicted molar refractivity (Wildman–Crippen MR) is 156 cm³/mol. The van der Waals surface area contributed by atoms with Crippen molar-refractivity contribution in [3.8, 4) is 28.1 Å². The molecule has 0 saturated heterocycles. The van der Waals surface area contributed by atoms with E-state index in [2.05, 4.69) is 30.8 Å². The van der Waals surface area contributed by atoms with Gasteiger partial charge in [0.25, 0.3) is 5.56 Å². The van der Waals surface area contributed by atoms with Gasteiger partial charge in [0.2, 0.25) is 5.91 Å². The molecule has 13 heteroatoms. The molecule has 5 aromatic rings. The normalized spacial score (nSPS) is 14.2. The molecule has 1 aliphatic rings. The molecule has 214 valence electrons. The van der Waals surface area contributed by atoms with Gasteiger partial charge < -0.3 is 24.3 Å². The van der Waals surface area contributed by atoms with Crippen LogP contribution in [-0.2, 0) is 20.7 Å². The van der Waals surface area contributed by atoms with Crippen LogP contribution >= 0.6 is 11.6 Å². The zero-order valence-corrected chi connectivity index (χ0v) is 23.4. The van der Waals surface area contributed by atoms with Crippen LogP contribution in [0.15, 0.2) is 71.9 Å². The molecule has 4 heterocycles. The molecule has 0 spiro atoms. The number of fused-ring (bicyclic) bond motifs is 1. The topological polar surface area (TPSA) is 142 Å². The summed E-state index contributed by atoms with van der Waals surface area (Å²) in [7, 11) is 1.58. The highest BCUT2D eigenvalue weighted by atomic mass is 35.5. The number of nitrogens with zero attached hydrogens (tertiary/aromatic N) is 6. The Morgan fingerprint density at radius 3 is 2.76 bits per heavy atom. The van der Waals surface area contributed by atoms with Crippen LogP contribution in [0.4, 0.5) is 5.69 Å².